The minimum atomic E-state index is -0.0332. The maximum absolute atomic E-state index is 5.51. The molecular formula is C9H15N7. The van der Waals surface area contributed by atoms with E-state index in [2.05, 4.69) is 32.2 Å². The molecule has 2 heterocycles. The lowest BCUT2D eigenvalue weighted by Gasteiger charge is -2.10. The SMILES string of the molecule is CCCC1=NCC(c2nc(N)nc(N)n2)N1. The average molecular weight is 221 g/mol. The molecule has 16 heavy (non-hydrogen) atoms. The second-order valence-electron chi connectivity index (χ2n) is 3.64. The maximum atomic E-state index is 5.51. The molecule has 0 aliphatic carbocycles. The topological polar surface area (TPSA) is 115 Å². The van der Waals surface area contributed by atoms with E-state index in [1.165, 1.54) is 0 Å². The fourth-order valence-corrected chi connectivity index (χ4v) is 1.61. The standard InChI is InChI=1S/C9H15N7/c1-2-3-6-12-4-5(13-6)7-14-8(10)16-9(11)15-7/h5H,2-4H2,1H3,(H,12,13)(H4,10,11,14,15,16). The lowest BCUT2D eigenvalue weighted by molar-refractivity contribution is 0.650. The summed E-state index contributed by atoms with van der Waals surface area (Å²) in [5, 5.41) is 3.25. The number of nitrogens with two attached hydrogens (primary N) is 2. The van der Waals surface area contributed by atoms with Gasteiger partial charge in [0.15, 0.2) is 5.82 Å². The first kappa shape index (κ1) is 10.6. The highest BCUT2D eigenvalue weighted by Gasteiger charge is 2.21. The first-order chi connectivity index (χ1) is 7.69. The van der Waals surface area contributed by atoms with Gasteiger partial charge in [-0.25, -0.2) is 0 Å². The summed E-state index contributed by atoms with van der Waals surface area (Å²) in [6, 6.07) is -0.0332. The number of aromatic nitrogens is 3. The smallest absolute Gasteiger partial charge is 0.225 e. The van der Waals surface area contributed by atoms with Crippen molar-refractivity contribution >= 4 is 17.7 Å². The number of anilines is 2. The summed E-state index contributed by atoms with van der Waals surface area (Å²) in [7, 11) is 0. The van der Waals surface area contributed by atoms with Crippen LogP contribution in [0.3, 0.4) is 0 Å². The molecule has 2 rings (SSSR count). The highest BCUT2D eigenvalue weighted by atomic mass is 15.2. The minimum Gasteiger partial charge on any atom is -0.368 e. The van der Waals surface area contributed by atoms with Crippen LogP contribution in [0.5, 0.6) is 0 Å². The molecule has 1 atom stereocenters. The van der Waals surface area contributed by atoms with Gasteiger partial charge in [-0.2, -0.15) is 15.0 Å². The summed E-state index contributed by atoms with van der Waals surface area (Å²) in [6.45, 7) is 2.73. The monoisotopic (exact) mass is 221 g/mol. The molecule has 1 unspecified atom stereocenters. The number of nitrogens with zero attached hydrogens (tertiary/aromatic N) is 4. The number of nitrogen functional groups attached to an aromatic ring is 2. The normalized spacial score (nSPS) is 19.3. The van der Waals surface area contributed by atoms with Crippen molar-refractivity contribution in [2.45, 2.75) is 25.8 Å². The molecule has 0 saturated carbocycles. The molecule has 0 spiro atoms. The van der Waals surface area contributed by atoms with E-state index in [0.29, 0.717) is 12.4 Å². The van der Waals surface area contributed by atoms with Crippen molar-refractivity contribution < 1.29 is 0 Å². The first-order valence-electron chi connectivity index (χ1n) is 5.26. The van der Waals surface area contributed by atoms with Crippen molar-refractivity contribution in [1.29, 1.82) is 0 Å². The minimum absolute atomic E-state index is 0.0332. The third kappa shape index (κ3) is 2.18. The quantitative estimate of drug-likeness (QED) is 0.655. The van der Waals surface area contributed by atoms with Crippen LogP contribution in [0.2, 0.25) is 0 Å². The van der Waals surface area contributed by atoms with E-state index in [1.807, 2.05) is 0 Å². The maximum Gasteiger partial charge on any atom is 0.225 e. The molecule has 1 aliphatic heterocycles. The predicted molar refractivity (Wildman–Crippen MR) is 61.7 cm³/mol. The highest BCUT2D eigenvalue weighted by Crippen LogP contribution is 2.15. The average Bonchev–Trinajstić information content (AvgIpc) is 2.65. The zero-order chi connectivity index (χ0) is 11.5. The van der Waals surface area contributed by atoms with E-state index >= 15 is 0 Å². The summed E-state index contributed by atoms with van der Waals surface area (Å²) in [4.78, 5) is 16.2. The Morgan fingerprint density at radius 2 is 1.94 bits per heavy atom. The van der Waals surface area contributed by atoms with Gasteiger partial charge in [0.1, 0.15) is 6.04 Å². The van der Waals surface area contributed by atoms with Gasteiger partial charge in [0.25, 0.3) is 0 Å². The lowest BCUT2D eigenvalue weighted by atomic mass is 10.3. The van der Waals surface area contributed by atoms with Gasteiger partial charge in [0.05, 0.1) is 12.4 Å². The molecule has 0 aromatic carbocycles. The van der Waals surface area contributed by atoms with Gasteiger partial charge in [-0.15, -0.1) is 0 Å². The largest absolute Gasteiger partial charge is 0.368 e. The van der Waals surface area contributed by atoms with Gasteiger partial charge in [-0.1, -0.05) is 6.92 Å². The summed E-state index contributed by atoms with van der Waals surface area (Å²) < 4.78 is 0. The van der Waals surface area contributed by atoms with Crippen LogP contribution in [0.4, 0.5) is 11.9 Å². The zero-order valence-corrected chi connectivity index (χ0v) is 9.14. The third-order valence-electron chi connectivity index (χ3n) is 2.29. The Bertz CT molecular complexity index is 394. The van der Waals surface area contributed by atoms with Crippen molar-refractivity contribution in [3.05, 3.63) is 5.82 Å². The van der Waals surface area contributed by atoms with Crippen LogP contribution in [0.15, 0.2) is 4.99 Å². The Morgan fingerprint density at radius 1 is 1.25 bits per heavy atom. The second-order valence-corrected chi connectivity index (χ2v) is 3.64. The Hall–Kier alpha value is -1.92. The van der Waals surface area contributed by atoms with Crippen LogP contribution < -0.4 is 16.8 Å². The second kappa shape index (κ2) is 4.30. The van der Waals surface area contributed by atoms with E-state index in [1.54, 1.807) is 0 Å². The van der Waals surface area contributed by atoms with Crippen LogP contribution >= 0.6 is 0 Å². The number of hydrogen-bond donors (Lipinski definition) is 3. The van der Waals surface area contributed by atoms with E-state index < -0.39 is 0 Å². The van der Waals surface area contributed by atoms with E-state index in [0.717, 1.165) is 18.7 Å². The predicted octanol–water partition coefficient (Wildman–Crippen LogP) is -0.121. The fraction of sp³-hybridized carbons (Fsp3) is 0.556. The molecule has 7 heteroatoms. The van der Waals surface area contributed by atoms with E-state index in [-0.39, 0.29) is 17.9 Å². The summed E-state index contributed by atoms with van der Waals surface area (Å²) >= 11 is 0. The van der Waals surface area contributed by atoms with E-state index in [9.17, 15) is 0 Å². The Kier molecular flexibility index (Phi) is 2.84. The van der Waals surface area contributed by atoms with Crippen molar-refractivity contribution in [2.75, 3.05) is 18.0 Å². The van der Waals surface area contributed by atoms with Gasteiger partial charge < -0.3 is 16.8 Å². The third-order valence-corrected chi connectivity index (χ3v) is 2.29. The van der Waals surface area contributed by atoms with E-state index in [4.69, 9.17) is 11.5 Å². The van der Waals surface area contributed by atoms with Crippen LogP contribution in [-0.2, 0) is 0 Å². The number of hydrogen-bond acceptors (Lipinski definition) is 7. The Morgan fingerprint density at radius 3 is 2.56 bits per heavy atom. The van der Waals surface area contributed by atoms with Crippen molar-refractivity contribution in [1.82, 2.24) is 20.3 Å². The van der Waals surface area contributed by atoms with Gasteiger partial charge in [0.2, 0.25) is 11.9 Å². The lowest BCUT2D eigenvalue weighted by Crippen LogP contribution is -2.25. The molecule has 0 fully saturated rings. The number of aliphatic imine (C=N–C) groups is 1. The Labute approximate surface area is 93.4 Å². The molecule has 1 aliphatic rings. The molecule has 0 bridgehead atoms. The van der Waals surface area contributed by atoms with Gasteiger partial charge in [-0.05, 0) is 6.42 Å². The molecule has 0 radical (unpaired) electrons. The van der Waals surface area contributed by atoms with Gasteiger partial charge in [-0.3, -0.25) is 4.99 Å². The van der Waals surface area contributed by atoms with Crippen molar-refractivity contribution in [3.8, 4) is 0 Å². The zero-order valence-electron chi connectivity index (χ0n) is 9.14. The van der Waals surface area contributed by atoms with Crippen molar-refractivity contribution in [3.63, 3.8) is 0 Å². The molecule has 1 aromatic heterocycles. The highest BCUT2D eigenvalue weighted by molar-refractivity contribution is 5.84. The fourth-order valence-electron chi connectivity index (χ4n) is 1.61. The van der Waals surface area contributed by atoms with Crippen LogP contribution in [0.1, 0.15) is 31.6 Å². The van der Waals surface area contributed by atoms with Crippen LogP contribution in [0, 0.1) is 0 Å². The molecule has 0 amide bonds. The van der Waals surface area contributed by atoms with Gasteiger partial charge in [0, 0.05) is 6.42 Å². The summed E-state index contributed by atoms with van der Waals surface area (Å²) in [5.74, 6) is 1.84. The molecule has 5 N–H and O–H groups in total. The van der Waals surface area contributed by atoms with Crippen LogP contribution in [-0.4, -0.2) is 27.3 Å². The number of amidine groups is 1. The molecule has 86 valence electrons. The molecule has 1 aromatic rings. The molecular weight excluding hydrogens is 206 g/mol. The van der Waals surface area contributed by atoms with Crippen LogP contribution in [0.25, 0.3) is 0 Å². The summed E-state index contributed by atoms with van der Waals surface area (Å²) in [6.07, 6.45) is 1.99. The number of nitrogens with one attached hydrogen (secondary N) is 1. The van der Waals surface area contributed by atoms with Crippen molar-refractivity contribution in [2.24, 2.45) is 4.99 Å². The first-order valence-corrected chi connectivity index (χ1v) is 5.26. The summed E-state index contributed by atoms with van der Waals surface area (Å²) in [5.41, 5.74) is 11.0. The van der Waals surface area contributed by atoms with Gasteiger partial charge >= 0.3 is 0 Å². The molecule has 7 nitrogen and oxygen atoms in total. The Balaban J connectivity index is 2.10. The number of rotatable bonds is 3. The molecule has 0 saturated heterocycles.